The summed E-state index contributed by atoms with van der Waals surface area (Å²) in [5.41, 5.74) is -2.59. The number of aliphatic hydroxyl groups is 1. The third kappa shape index (κ3) is 3.96. The number of nitrogens with zero attached hydrogens (tertiary/aromatic N) is 1. The zero-order valence-electron chi connectivity index (χ0n) is 8.94. The van der Waals surface area contributed by atoms with Gasteiger partial charge in [-0.15, -0.1) is 13.2 Å². The normalized spacial score (nSPS) is 12.6. The molecule has 0 spiro atoms. The third-order valence-electron chi connectivity index (χ3n) is 2.04. The molecule has 1 aromatic heterocycles. The summed E-state index contributed by atoms with van der Waals surface area (Å²) in [6.45, 7) is -1.04. The summed E-state index contributed by atoms with van der Waals surface area (Å²) >= 11 is 2.72. The molecule has 1 N–H and O–H groups in total. The second-order valence-electron chi connectivity index (χ2n) is 3.27. The average molecular weight is 354 g/mol. The number of halogens is 7. The van der Waals surface area contributed by atoms with Crippen LogP contribution in [-0.2, 0) is 18.1 Å². The molecule has 1 heterocycles. The molecular formula is C9H6BrF6NO2. The van der Waals surface area contributed by atoms with Gasteiger partial charge in [-0.25, -0.2) is 4.98 Å². The molecule has 0 saturated carbocycles. The Balaban J connectivity index is 3.39. The Kier molecular flexibility index (Phi) is 4.67. The van der Waals surface area contributed by atoms with Gasteiger partial charge in [0.1, 0.15) is 5.69 Å². The van der Waals surface area contributed by atoms with E-state index in [1.165, 1.54) is 0 Å². The molecule has 108 valence electrons. The van der Waals surface area contributed by atoms with E-state index < -0.39 is 47.0 Å². The lowest BCUT2D eigenvalue weighted by atomic mass is 10.1. The molecule has 0 aromatic carbocycles. The highest BCUT2D eigenvalue weighted by Crippen LogP contribution is 2.37. The van der Waals surface area contributed by atoms with Crippen LogP contribution in [0.4, 0.5) is 26.3 Å². The molecule has 0 bridgehead atoms. The smallest absolute Gasteiger partial charge is 0.404 e. The van der Waals surface area contributed by atoms with Gasteiger partial charge in [0.25, 0.3) is 0 Å². The fourth-order valence-electron chi connectivity index (χ4n) is 1.34. The van der Waals surface area contributed by atoms with Crippen LogP contribution in [-0.4, -0.2) is 16.5 Å². The maximum Gasteiger partial charge on any atom is 0.573 e. The number of rotatable bonds is 3. The first-order valence-electron chi connectivity index (χ1n) is 4.60. The number of hydrogen-bond acceptors (Lipinski definition) is 3. The quantitative estimate of drug-likeness (QED) is 0.669. The van der Waals surface area contributed by atoms with Gasteiger partial charge in [-0.1, -0.05) is 15.9 Å². The van der Waals surface area contributed by atoms with E-state index in [9.17, 15) is 26.3 Å². The van der Waals surface area contributed by atoms with Gasteiger partial charge in [0, 0.05) is 16.5 Å². The van der Waals surface area contributed by atoms with Gasteiger partial charge >= 0.3 is 12.5 Å². The van der Waals surface area contributed by atoms with Crippen LogP contribution in [0.3, 0.4) is 0 Å². The molecule has 0 radical (unpaired) electrons. The number of hydrogen-bond donors (Lipinski definition) is 1. The summed E-state index contributed by atoms with van der Waals surface area (Å²) in [7, 11) is 0. The summed E-state index contributed by atoms with van der Waals surface area (Å²) in [6, 6.07) is 0. The van der Waals surface area contributed by atoms with Crippen molar-refractivity contribution in [3.05, 3.63) is 23.0 Å². The minimum atomic E-state index is -5.09. The monoisotopic (exact) mass is 353 g/mol. The van der Waals surface area contributed by atoms with Crippen LogP contribution in [0, 0.1) is 0 Å². The van der Waals surface area contributed by atoms with E-state index in [2.05, 4.69) is 25.7 Å². The topological polar surface area (TPSA) is 42.4 Å². The first kappa shape index (κ1) is 16.0. The van der Waals surface area contributed by atoms with Gasteiger partial charge in [0.05, 0.1) is 12.8 Å². The Bertz CT molecular complexity index is 459. The van der Waals surface area contributed by atoms with Crippen LogP contribution in [0.15, 0.2) is 6.20 Å². The molecule has 0 saturated heterocycles. The van der Waals surface area contributed by atoms with Crippen molar-refractivity contribution in [2.24, 2.45) is 0 Å². The Hall–Kier alpha value is -1.03. The number of aliphatic hydroxyl groups excluding tert-OH is 1. The standard InChI is InChI=1S/C9H6BrF6NO2/c10-1-4-5(3-18)6(19-9(14,15)16)2-17-7(4)8(11,12)13/h2,18H,1,3H2. The molecule has 1 aromatic rings. The summed E-state index contributed by atoms with van der Waals surface area (Å²) < 4.78 is 77.5. The Morgan fingerprint density at radius 2 is 1.74 bits per heavy atom. The lowest BCUT2D eigenvalue weighted by Crippen LogP contribution is -2.20. The summed E-state index contributed by atoms with van der Waals surface area (Å²) in [4.78, 5) is 2.92. The van der Waals surface area contributed by atoms with Gasteiger partial charge < -0.3 is 9.84 Å². The lowest BCUT2D eigenvalue weighted by molar-refractivity contribution is -0.275. The molecule has 0 aliphatic rings. The van der Waals surface area contributed by atoms with Crippen LogP contribution in [0.1, 0.15) is 16.8 Å². The largest absolute Gasteiger partial charge is 0.573 e. The SMILES string of the molecule is OCc1c(OC(F)(F)F)cnc(C(F)(F)F)c1CBr. The summed E-state index contributed by atoms with van der Waals surface area (Å²) in [6.07, 6.45) is -9.65. The van der Waals surface area contributed by atoms with Gasteiger partial charge in [0.2, 0.25) is 0 Å². The third-order valence-corrected chi connectivity index (χ3v) is 2.61. The van der Waals surface area contributed by atoms with Gasteiger partial charge in [0.15, 0.2) is 5.75 Å². The lowest BCUT2D eigenvalue weighted by Gasteiger charge is -2.17. The van der Waals surface area contributed by atoms with Crippen molar-refractivity contribution in [3.63, 3.8) is 0 Å². The highest BCUT2D eigenvalue weighted by molar-refractivity contribution is 9.08. The number of pyridine rings is 1. The Morgan fingerprint density at radius 1 is 1.16 bits per heavy atom. The first-order chi connectivity index (χ1) is 8.60. The maximum atomic E-state index is 12.6. The van der Waals surface area contributed by atoms with E-state index in [1.807, 2.05) is 0 Å². The van der Waals surface area contributed by atoms with Gasteiger partial charge in [-0.3, -0.25) is 0 Å². The summed E-state index contributed by atoms with van der Waals surface area (Å²) in [5, 5.41) is 8.52. The maximum absolute atomic E-state index is 12.6. The Labute approximate surface area is 111 Å². The van der Waals surface area contributed by atoms with Crippen LogP contribution in [0.5, 0.6) is 5.75 Å². The Morgan fingerprint density at radius 3 is 2.11 bits per heavy atom. The van der Waals surface area contributed by atoms with E-state index in [0.717, 1.165) is 0 Å². The van der Waals surface area contributed by atoms with Crippen molar-refractivity contribution in [1.29, 1.82) is 0 Å². The van der Waals surface area contributed by atoms with E-state index in [-0.39, 0.29) is 6.20 Å². The predicted molar refractivity (Wildman–Crippen MR) is 54.5 cm³/mol. The fraction of sp³-hybridized carbons (Fsp3) is 0.444. The number of ether oxygens (including phenoxy) is 1. The van der Waals surface area contributed by atoms with E-state index in [4.69, 9.17) is 5.11 Å². The second-order valence-corrected chi connectivity index (χ2v) is 3.83. The van der Waals surface area contributed by atoms with Crippen LogP contribution in [0.2, 0.25) is 0 Å². The highest BCUT2D eigenvalue weighted by atomic mass is 79.9. The van der Waals surface area contributed by atoms with E-state index >= 15 is 0 Å². The predicted octanol–water partition coefficient (Wildman–Crippen LogP) is 3.39. The molecule has 0 unspecified atom stereocenters. The minimum absolute atomic E-state index is 0.286. The zero-order chi connectivity index (χ0) is 14.8. The molecule has 0 atom stereocenters. The number of aromatic nitrogens is 1. The van der Waals surface area contributed by atoms with E-state index in [1.54, 1.807) is 0 Å². The van der Waals surface area contributed by atoms with E-state index in [0.29, 0.717) is 0 Å². The molecule has 1 rings (SSSR count). The van der Waals surface area contributed by atoms with Gasteiger partial charge in [-0.2, -0.15) is 13.2 Å². The number of alkyl halides is 7. The van der Waals surface area contributed by atoms with Crippen molar-refractivity contribution in [2.75, 3.05) is 0 Å². The molecule has 0 amide bonds. The molecule has 0 fully saturated rings. The van der Waals surface area contributed by atoms with Crippen molar-refractivity contribution < 1.29 is 36.2 Å². The minimum Gasteiger partial charge on any atom is -0.404 e. The van der Waals surface area contributed by atoms with Gasteiger partial charge in [-0.05, 0) is 0 Å². The fourth-order valence-corrected chi connectivity index (χ4v) is 1.95. The first-order valence-corrected chi connectivity index (χ1v) is 5.72. The van der Waals surface area contributed by atoms with Crippen LogP contribution < -0.4 is 4.74 Å². The molecule has 0 aliphatic carbocycles. The van der Waals surface area contributed by atoms with Crippen molar-refractivity contribution in [1.82, 2.24) is 4.98 Å². The molecular weight excluding hydrogens is 348 g/mol. The highest BCUT2D eigenvalue weighted by Gasteiger charge is 2.38. The average Bonchev–Trinajstić information content (AvgIpc) is 2.24. The van der Waals surface area contributed by atoms with Crippen LogP contribution in [0.25, 0.3) is 0 Å². The molecule has 19 heavy (non-hydrogen) atoms. The zero-order valence-corrected chi connectivity index (χ0v) is 10.5. The molecule has 10 heteroatoms. The van der Waals surface area contributed by atoms with Crippen molar-refractivity contribution in [3.8, 4) is 5.75 Å². The summed E-state index contributed by atoms with van der Waals surface area (Å²) in [5.74, 6) is -0.961. The molecule has 0 aliphatic heterocycles. The molecule has 3 nitrogen and oxygen atoms in total. The second kappa shape index (κ2) is 5.53. The van der Waals surface area contributed by atoms with Crippen LogP contribution >= 0.6 is 15.9 Å². The van der Waals surface area contributed by atoms with Crippen molar-refractivity contribution >= 4 is 15.9 Å². The van der Waals surface area contributed by atoms with Crippen molar-refractivity contribution in [2.45, 2.75) is 24.5 Å².